The van der Waals surface area contributed by atoms with Gasteiger partial charge < -0.3 is 14.6 Å². The van der Waals surface area contributed by atoms with Crippen molar-refractivity contribution in [2.45, 2.75) is 24.9 Å². The summed E-state index contributed by atoms with van der Waals surface area (Å²) in [5.74, 6) is -0.206. The Morgan fingerprint density at radius 3 is 2.41 bits per heavy atom. The number of fused-ring (bicyclic) bond motifs is 1. The molecule has 0 amide bonds. The molecule has 2 aromatic heterocycles. The number of benzene rings is 3. The zero-order valence-corrected chi connectivity index (χ0v) is 27.0. The Balaban J connectivity index is 0.00000417. The number of Topliss-reactive ketones (excluding diaryl/α,β-unsaturated/α-hetero) is 1. The Kier molecular flexibility index (Phi) is 10.6. The van der Waals surface area contributed by atoms with Gasteiger partial charge in [-0.2, -0.15) is 0 Å². The zero-order chi connectivity index (χ0) is 31.5. The number of halogens is 3. The van der Waals surface area contributed by atoms with E-state index in [9.17, 15) is 18.4 Å². The maximum atomic E-state index is 14.9. The largest absolute Gasteiger partial charge is 0.497 e. The lowest BCUT2D eigenvalue weighted by molar-refractivity contribution is 0.0985. The summed E-state index contributed by atoms with van der Waals surface area (Å²) in [6.07, 6.45) is 1.41. The van der Waals surface area contributed by atoms with Crippen molar-refractivity contribution in [1.29, 1.82) is 0 Å². The molecule has 46 heavy (non-hydrogen) atoms. The fraction of sp³-hybridized carbons (Fsp3) is 0.265. The lowest BCUT2D eigenvalue weighted by atomic mass is 10.1. The second kappa shape index (κ2) is 14.6. The molecule has 6 rings (SSSR count). The van der Waals surface area contributed by atoms with Crippen LogP contribution in [0.5, 0.6) is 5.75 Å². The first-order chi connectivity index (χ1) is 21.8. The van der Waals surface area contributed by atoms with E-state index in [1.807, 2.05) is 49.5 Å². The van der Waals surface area contributed by atoms with Gasteiger partial charge in [-0.25, -0.2) is 18.2 Å². The smallest absolute Gasteiger partial charge is 0.270 e. The van der Waals surface area contributed by atoms with Gasteiger partial charge >= 0.3 is 0 Å². The van der Waals surface area contributed by atoms with E-state index in [1.165, 1.54) is 45.1 Å². The third-order valence-electron chi connectivity index (χ3n) is 7.88. The van der Waals surface area contributed by atoms with Gasteiger partial charge in [-0.05, 0) is 49.0 Å². The molecule has 5 aromatic rings. The van der Waals surface area contributed by atoms with Crippen LogP contribution >= 0.6 is 24.2 Å². The summed E-state index contributed by atoms with van der Waals surface area (Å²) in [5.41, 5.74) is 2.15. The average Bonchev–Trinajstić information content (AvgIpc) is 3.44. The zero-order valence-electron chi connectivity index (χ0n) is 25.4. The van der Waals surface area contributed by atoms with Crippen LogP contribution in [-0.2, 0) is 19.6 Å². The predicted octanol–water partition coefficient (Wildman–Crippen LogP) is 5.44. The summed E-state index contributed by atoms with van der Waals surface area (Å²) < 4.78 is 38.1. The molecule has 3 heterocycles. The predicted molar refractivity (Wildman–Crippen MR) is 179 cm³/mol. The number of nitrogens with zero attached hydrogens (tertiary/aromatic N) is 4. The molecule has 0 saturated carbocycles. The van der Waals surface area contributed by atoms with Crippen molar-refractivity contribution in [3.8, 4) is 17.0 Å². The maximum Gasteiger partial charge on any atom is 0.270 e. The van der Waals surface area contributed by atoms with E-state index in [1.54, 1.807) is 19.2 Å². The highest BCUT2D eigenvalue weighted by Gasteiger charge is 2.29. The first-order valence-corrected chi connectivity index (χ1v) is 15.7. The number of thioether (sulfide) groups is 1. The maximum absolute atomic E-state index is 14.9. The molecule has 3 aromatic carbocycles. The molecule has 1 saturated heterocycles. The summed E-state index contributed by atoms with van der Waals surface area (Å²) >= 11 is 1.49. The molecule has 0 radical (unpaired) electrons. The van der Waals surface area contributed by atoms with Gasteiger partial charge in [-0.3, -0.25) is 14.5 Å². The average molecular weight is 666 g/mol. The highest BCUT2D eigenvalue weighted by Crippen LogP contribution is 2.28. The van der Waals surface area contributed by atoms with Gasteiger partial charge in [0.2, 0.25) is 5.78 Å². The van der Waals surface area contributed by atoms with E-state index in [4.69, 9.17) is 9.72 Å². The Labute approximate surface area is 275 Å². The number of imidazole rings is 1. The van der Waals surface area contributed by atoms with Crippen LogP contribution in [0.2, 0.25) is 0 Å². The van der Waals surface area contributed by atoms with Crippen LogP contribution in [-0.4, -0.2) is 62.9 Å². The van der Waals surface area contributed by atoms with E-state index in [0.29, 0.717) is 36.8 Å². The van der Waals surface area contributed by atoms with E-state index in [-0.39, 0.29) is 41.6 Å². The molecular weight excluding hydrogens is 632 g/mol. The standard InChI is InChI=1S/C34H33F2N5O3S.ClH/c1-39(18-22-7-4-3-5-8-22)21-29-31(23-11-13-24(44-2)14-12-23)38-34-40(19-25-27(35)9-6-10-28(25)36)20-26(33(43)41(29)34)32(42)30-17-37-15-16-45-30;/h3-14,20,30,37H,15-19,21H2,1-2H3;1H. The minimum absolute atomic E-state index is 0. The highest BCUT2D eigenvalue weighted by molar-refractivity contribution is 8.00. The van der Waals surface area contributed by atoms with E-state index in [2.05, 4.69) is 10.2 Å². The topological polar surface area (TPSA) is 80.9 Å². The number of methoxy groups -OCH3 is 1. The van der Waals surface area contributed by atoms with E-state index in [0.717, 1.165) is 23.4 Å². The molecular formula is C34H34ClF2N5O3S. The third kappa shape index (κ3) is 6.87. The van der Waals surface area contributed by atoms with Gasteiger partial charge in [-0.15, -0.1) is 24.2 Å². The first-order valence-electron chi connectivity index (χ1n) is 14.6. The van der Waals surface area contributed by atoms with Crippen LogP contribution < -0.4 is 15.6 Å². The van der Waals surface area contributed by atoms with Crippen molar-refractivity contribution in [2.75, 3.05) is 33.0 Å². The molecule has 1 aliphatic rings. The molecule has 0 spiro atoms. The summed E-state index contributed by atoms with van der Waals surface area (Å²) in [6.45, 7) is 1.83. The van der Waals surface area contributed by atoms with Crippen molar-refractivity contribution in [3.63, 3.8) is 0 Å². The molecule has 1 unspecified atom stereocenters. The molecule has 0 aliphatic carbocycles. The fourth-order valence-electron chi connectivity index (χ4n) is 5.62. The van der Waals surface area contributed by atoms with E-state index < -0.39 is 22.4 Å². The van der Waals surface area contributed by atoms with Gasteiger partial charge in [0.25, 0.3) is 5.56 Å². The van der Waals surface area contributed by atoms with Crippen molar-refractivity contribution in [2.24, 2.45) is 0 Å². The van der Waals surface area contributed by atoms with Crippen molar-refractivity contribution in [1.82, 2.24) is 24.2 Å². The van der Waals surface area contributed by atoms with Crippen molar-refractivity contribution < 1.29 is 18.3 Å². The Morgan fingerprint density at radius 2 is 1.76 bits per heavy atom. The van der Waals surface area contributed by atoms with Crippen molar-refractivity contribution in [3.05, 3.63) is 123 Å². The Bertz CT molecular complexity index is 1870. The second-order valence-corrected chi connectivity index (χ2v) is 12.3. The van der Waals surface area contributed by atoms with Crippen molar-refractivity contribution >= 4 is 35.7 Å². The van der Waals surface area contributed by atoms with E-state index >= 15 is 0 Å². The highest BCUT2D eigenvalue weighted by atomic mass is 35.5. The van der Waals surface area contributed by atoms with Crippen LogP contribution in [0.3, 0.4) is 0 Å². The normalized spacial score (nSPS) is 14.8. The summed E-state index contributed by atoms with van der Waals surface area (Å²) in [4.78, 5) is 35.1. The molecule has 1 atom stereocenters. The molecule has 1 fully saturated rings. The van der Waals surface area contributed by atoms with Gasteiger partial charge in [0.05, 0.1) is 30.3 Å². The monoisotopic (exact) mass is 665 g/mol. The van der Waals surface area contributed by atoms with Crippen LogP contribution in [0.4, 0.5) is 8.78 Å². The molecule has 8 nitrogen and oxygen atoms in total. The van der Waals surface area contributed by atoms with Crippen LogP contribution in [0, 0.1) is 11.6 Å². The lowest BCUT2D eigenvalue weighted by Gasteiger charge is -2.22. The molecule has 240 valence electrons. The number of hydrogen-bond donors (Lipinski definition) is 1. The molecule has 1 N–H and O–H groups in total. The molecule has 0 bridgehead atoms. The van der Waals surface area contributed by atoms with Gasteiger partial charge in [0, 0.05) is 49.3 Å². The van der Waals surface area contributed by atoms with Gasteiger partial charge in [-0.1, -0.05) is 36.4 Å². The number of rotatable bonds is 10. The van der Waals surface area contributed by atoms with Crippen LogP contribution in [0.1, 0.15) is 27.2 Å². The number of hydrogen-bond acceptors (Lipinski definition) is 7. The van der Waals surface area contributed by atoms with Gasteiger partial charge in [0.15, 0.2) is 5.78 Å². The Hall–Kier alpha value is -4.03. The minimum Gasteiger partial charge on any atom is -0.497 e. The summed E-state index contributed by atoms with van der Waals surface area (Å²) in [7, 11) is 3.52. The number of aromatic nitrogens is 3. The summed E-state index contributed by atoms with van der Waals surface area (Å²) in [6, 6.07) is 20.9. The SMILES string of the molecule is COc1ccc(-c2nc3n(Cc4c(F)cccc4F)cc(C(=O)C4CNCCS4)c(=O)n3c2CN(C)Cc2ccccc2)cc1.Cl. The number of carbonyl (C=O) groups excluding carboxylic acids is 1. The minimum atomic E-state index is -0.725. The van der Waals surface area contributed by atoms with Gasteiger partial charge in [0.1, 0.15) is 22.9 Å². The number of carbonyl (C=O) groups is 1. The number of ether oxygens (including phenoxy) is 1. The van der Waals surface area contributed by atoms with Crippen LogP contribution in [0.25, 0.3) is 17.0 Å². The second-order valence-electron chi connectivity index (χ2n) is 11.0. The fourth-order valence-corrected chi connectivity index (χ4v) is 6.68. The molecule has 1 aliphatic heterocycles. The Morgan fingerprint density at radius 1 is 1.04 bits per heavy atom. The quantitative estimate of drug-likeness (QED) is 0.199. The number of nitrogens with one attached hydrogen (secondary N) is 1. The summed E-state index contributed by atoms with van der Waals surface area (Å²) in [5, 5.41) is 2.76. The number of ketones is 1. The molecule has 12 heteroatoms. The first kappa shape index (κ1) is 33.3. The lowest BCUT2D eigenvalue weighted by Crippen LogP contribution is -2.40. The third-order valence-corrected chi connectivity index (χ3v) is 9.11. The van der Waals surface area contributed by atoms with Crippen LogP contribution in [0.15, 0.2) is 83.8 Å².